The molecule has 10 aromatic rings. The summed E-state index contributed by atoms with van der Waals surface area (Å²) in [5.74, 6) is 8.59. The molecule has 0 bridgehead atoms. The van der Waals surface area contributed by atoms with Gasteiger partial charge < -0.3 is 52.1 Å². The lowest BCUT2D eigenvalue weighted by molar-refractivity contribution is 0.0375. The molecule has 10 aromatic carbocycles. The topological polar surface area (TPSA) is 221 Å². The van der Waals surface area contributed by atoms with Crippen LogP contribution in [-0.4, -0.2) is 89.0 Å². The van der Waals surface area contributed by atoms with Crippen LogP contribution in [0.3, 0.4) is 0 Å². The number of fused-ring (bicyclic) bond motifs is 2. The summed E-state index contributed by atoms with van der Waals surface area (Å²) in [7, 11) is 4.72. The Balaban J connectivity index is 0.000000223. The molecule has 0 aliphatic heterocycles. The van der Waals surface area contributed by atoms with Gasteiger partial charge in [0, 0.05) is 5.56 Å². The number of ether oxygens (including phenoxy) is 11. The molecule has 18 nitrogen and oxygen atoms in total. The van der Waals surface area contributed by atoms with Gasteiger partial charge in [0.25, 0.3) is 0 Å². The zero-order chi connectivity index (χ0) is 77.8. The Morgan fingerprint density at radius 1 is 0.318 bits per heavy atom. The number of benzene rings is 10. The second kappa shape index (κ2) is 43.6. The minimum Gasteiger partial charge on any atom is -0.497 e. The fourth-order valence-electron chi connectivity index (χ4n) is 9.25. The lowest BCUT2D eigenvalue weighted by atomic mass is 10.1. The predicted octanol–water partition coefficient (Wildman–Crippen LogP) is 19.5. The minimum atomic E-state index is -0.469. The fourth-order valence-corrected chi connectivity index (χ4v) is 9.25. The first-order valence-corrected chi connectivity index (χ1v) is 34.9. The molecule has 556 valence electrons. The number of hydrogen-bond acceptors (Lipinski definition) is 18. The van der Waals surface area contributed by atoms with E-state index in [9.17, 15) is 33.6 Å². The van der Waals surface area contributed by atoms with Crippen molar-refractivity contribution in [1.82, 2.24) is 0 Å². The van der Waals surface area contributed by atoms with Gasteiger partial charge in [-0.05, 0) is 254 Å². The van der Waals surface area contributed by atoms with Crippen molar-refractivity contribution in [3.8, 4) is 57.8 Å². The van der Waals surface area contributed by atoms with E-state index < -0.39 is 29.8 Å². The number of rotatable bonds is 25. The van der Waals surface area contributed by atoms with Gasteiger partial charge in [0.2, 0.25) is 0 Å². The predicted molar refractivity (Wildman–Crippen MR) is 415 cm³/mol. The summed E-state index contributed by atoms with van der Waals surface area (Å²) in [6, 6.07) is 61.6. The monoisotopic (exact) mass is 1450 g/mol. The van der Waals surface area contributed by atoms with Crippen LogP contribution in [0.4, 0.5) is 0 Å². The molecule has 0 radical (unpaired) electrons. The first-order chi connectivity index (χ1) is 51.6. The van der Waals surface area contributed by atoms with E-state index >= 15 is 0 Å². The zero-order valence-corrected chi connectivity index (χ0v) is 62.6. The third-order valence-electron chi connectivity index (χ3n) is 16.2. The summed E-state index contributed by atoms with van der Waals surface area (Å²) in [4.78, 5) is 85.0. The van der Waals surface area contributed by atoms with E-state index in [-0.39, 0.29) is 18.0 Å². The molecular formula is C89H92O18. The van der Waals surface area contributed by atoms with Crippen molar-refractivity contribution < 1.29 is 85.7 Å². The zero-order valence-electron chi connectivity index (χ0n) is 62.6. The van der Waals surface area contributed by atoms with Gasteiger partial charge in [-0.1, -0.05) is 91.0 Å². The van der Waals surface area contributed by atoms with Crippen LogP contribution in [0.25, 0.3) is 21.5 Å². The highest BCUT2D eigenvalue weighted by atomic mass is 16.6. The maximum Gasteiger partial charge on any atom is 0.343 e. The SMILES string of the molecule is C=C.CC#Cc1ccc(C(=O)Oc2ccc(C(=O)OC(C)C)cc2)cc1.CCC(C)COC(=O)c1ccc2cc(OC(=O)c3ccc(OC)cc3)ccc2c1.CCC(C)COC(=O)c1ccc2cc(OC(=O)c3ccc(OC)cc3)ccc2c1.CCC(C)COc1ccc(OC(=O)c2ccc(OC)cc2)cc1. The van der Waals surface area contributed by atoms with Crippen molar-refractivity contribution in [2.24, 2.45) is 17.8 Å². The van der Waals surface area contributed by atoms with E-state index in [2.05, 4.69) is 52.7 Å². The minimum absolute atomic E-state index is 0.185. The number of carbonyl (C=O) groups excluding carboxylic acids is 7. The molecule has 3 atom stereocenters. The van der Waals surface area contributed by atoms with E-state index in [1.54, 1.807) is 236 Å². The molecule has 0 aliphatic carbocycles. The van der Waals surface area contributed by atoms with Gasteiger partial charge in [0.05, 0.1) is 86.2 Å². The maximum atomic E-state index is 12.3. The molecule has 107 heavy (non-hydrogen) atoms. The first kappa shape index (κ1) is 83.5. The molecule has 0 N–H and O–H groups in total. The summed E-state index contributed by atoms with van der Waals surface area (Å²) < 4.78 is 58.3. The first-order valence-electron chi connectivity index (χ1n) is 34.9. The summed E-state index contributed by atoms with van der Waals surface area (Å²) in [6.07, 6.45) is 2.82. The molecule has 10 rings (SSSR count). The van der Waals surface area contributed by atoms with Crippen LogP contribution in [0.5, 0.6) is 46.0 Å². The highest BCUT2D eigenvalue weighted by Gasteiger charge is 2.18. The molecule has 3 unspecified atom stereocenters. The Hall–Kier alpha value is -12.5. The van der Waals surface area contributed by atoms with Crippen molar-refractivity contribution in [2.75, 3.05) is 41.2 Å². The normalized spacial score (nSPS) is 11.1. The molecule has 0 saturated heterocycles. The Morgan fingerprint density at radius 3 is 0.925 bits per heavy atom. The molecule has 0 heterocycles. The summed E-state index contributed by atoms with van der Waals surface area (Å²) in [6.45, 7) is 25.3. The smallest absolute Gasteiger partial charge is 0.343 e. The Bertz CT molecular complexity index is 4430. The van der Waals surface area contributed by atoms with Crippen LogP contribution in [0, 0.1) is 29.6 Å². The van der Waals surface area contributed by atoms with Crippen molar-refractivity contribution in [1.29, 1.82) is 0 Å². The van der Waals surface area contributed by atoms with Crippen LogP contribution >= 0.6 is 0 Å². The highest BCUT2D eigenvalue weighted by Crippen LogP contribution is 2.28. The lowest BCUT2D eigenvalue weighted by Crippen LogP contribution is -2.12. The number of carbonyl (C=O) groups is 7. The third kappa shape index (κ3) is 27.3. The van der Waals surface area contributed by atoms with E-state index in [0.717, 1.165) is 52.1 Å². The van der Waals surface area contributed by atoms with Crippen molar-refractivity contribution in [3.05, 3.63) is 276 Å². The average molecular weight is 1450 g/mol. The summed E-state index contributed by atoms with van der Waals surface area (Å²) in [5.41, 5.74) is 4.03. The van der Waals surface area contributed by atoms with Gasteiger partial charge in [-0.2, -0.15) is 0 Å². The van der Waals surface area contributed by atoms with Crippen molar-refractivity contribution in [3.63, 3.8) is 0 Å². The number of hydrogen-bond donors (Lipinski definition) is 0. The molecule has 0 saturated carbocycles. The second-order valence-electron chi connectivity index (χ2n) is 24.6. The second-order valence-corrected chi connectivity index (χ2v) is 24.6. The van der Waals surface area contributed by atoms with Crippen LogP contribution in [0.1, 0.15) is 160 Å². The number of methoxy groups -OCH3 is 3. The van der Waals surface area contributed by atoms with Gasteiger partial charge in [-0.15, -0.1) is 19.1 Å². The van der Waals surface area contributed by atoms with E-state index in [1.807, 2.05) is 38.1 Å². The van der Waals surface area contributed by atoms with Gasteiger partial charge in [0.1, 0.15) is 46.0 Å². The van der Waals surface area contributed by atoms with Gasteiger partial charge in [0.15, 0.2) is 0 Å². The maximum absolute atomic E-state index is 12.3. The molecule has 0 spiro atoms. The van der Waals surface area contributed by atoms with E-state index in [1.165, 1.54) is 0 Å². The fraction of sp³-hybridized carbons (Fsp3) is 0.247. The molecule has 0 aromatic heterocycles. The highest BCUT2D eigenvalue weighted by molar-refractivity contribution is 5.99. The van der Waals surface area contributed by atoms with Crippen LogP contribution < -0.4 is 37.9 Å². The molecule has 0 aliphatic rings. The van der Waals surface area contributed by atoms with Crippen LogP contribution in [0.15, 0.2) is 232 Å². The number of esters is 7. The van der Waals surface area contributed by atoms with E-state index in [4.69, 9.17) is 52.1 Å². The largest absolute Gasteiger partial charge is 0.497 e. The summed E-state index contributed by atoms with van der Waals surface area (Å²) >= 11 is 0. The molecule has 18 heteroatoms. The van der Waals surface area contributed by atoms with Gasteiger partial charge >= 0.3 is 41.8 Å². The molecular weight excluding hydrogens is 1360 g/mol. The van der Waals surface area contributed by atoms with Crippen LogP contribution in [-0.2, 0) is 14.2 Å². The van der Waals surface area contributed by atoms with Crippen LogP contribution in [0.2, 0.25) is 0 Å². The third-order valence-corrected chi connectivity index (χ3v) is 16.2. The van der Waals surface area contributed by atoms with E-state index in [0.29, 0.717) is 117 Å². The Labute approximate surface area is 626 Å². The van der Waals surface area contributed by atoms with Gasteiger partial charge in [-0.3, -0.25) is 0 Å². The quantitative estimate of drug-likeness (QED) is 0.0171. The Kier molecular flexibility index (Phi) is 34.0. The molecule has 0 fully saturated rings. The van der Waals surface area contributed by atoms with Crippen molar-refractivity contribution in [2.45, 2.75) is 87.7 Å². The Morgan fingerprint density at radius 2 is 0.589 bits per heavy atom. The lowest BCUT2D eigenvalue weighted by Gasteiger charge is -2.11. The van der Waals surface area contributed by atoms with Crippen molar-refractivity contribution >= 4 is 63.3 Å². The van der Waals surface area contributed by atoms with Gasteiger partial charge in [-0.25, -0.2) is 33.6 Å². The molecule has 0 amide bonds. The standard InChI is InChI=1S/2C24H24O5.C20H18O4.C19H22O4.C2H4/c2*1-4-16(2)15-28-23(25)20-6-5-19-14-22(12-9-18(19)13-20)29-24(26)17-7-10-21(27-3)11-8-17;1-4-5-15-6-8-16(9-7-15)20(22)24-18-12-10-17(11-13-18)19(21)23-14(2)3;1-4-14(2)13-22-17-9-11-18(12-10-17)23-19(20)15-5-7-16(21-3)8-6-15;1-2/h2*5-14,16H,4,15H2,1-3H3;6-14H,1-3H3;5-12,14H,4,13H2,1-3H3;1-2H2. The average Bonchev–Trinajstić information content (AvgIpc) is 0.820. The summed E-state index contributed by atoms with van der Waals surface area (Å²) in [5, 5.41) is 3.46.